The molecule has 4 nitrogen and oxygen atoms in total. The van der Waals surface area contributed by atoms with Crippen LogP contribution in [-0.4, -0.2) is 31.9 Å². The molecule has 0 fully saturated rings. The molecule has 3 N–H and O–H groups in total. The molecule has 1 aromatic carbocycles. The van der Waals surface area contributed by atoms with Crippen LogP contribution in [0.15, 0.2) is 18.2 Å². The Morgan fingerprint density at radius 2 is 2.11 bits per heavy atom. The van der Waals surface area contributed by atoms with E-state index in [-0.39, 0.29) is 17.0 Å². The molecule has 0 bridgehead atoms. The Balaban J connectivity index is 2.80. The average molecular weight is 280 g/mol. The second-order valence-corrected chi connectivity index (χ2v) is 3.67. The maximum Gasteiger partial charge on any atom is 0.324 e. The number of hydrogen-bond donors (Lipinski definition) is 2. The SMILES string of the molecule is COc1cccc(C(=O)NCC(F)(F)C(F)F)c1N. The van der Waals surface area contributed by atoms with Gasteiger partial charge in [0.05, 0.1) is 24.9 Å². The molecule has 1 amide bonds. The van der Waals surface area contributed by atoms with Crippen molar-refractivity contribution in [1.82, 2.24) is 5.32 Å². The maximum absolute atomic E-state index is 12.6. The number of amides is 1. The zero-order valence-corrected chi connectivity index (χ0v) is 9.92. The number of rotatable bonds is 5. The topological polar surface area (TPSA) is 64.3 Å². The van der Waals surface area contributed by atoms with E-state index in [4.69, 9.17) is 10.5 Å². The standard InChI is InChI=1S/C11H12F4N2O2/c1-19-7-4-2-3-6(8(7)16)9(18)17-5-11(14,15)10(12)13/h2-4,10H,5,16H2,1H3,(H,17,18). The van der Waals surface area contributed by atoms with Crippen molar-refractivity contribution in [3.63, 3.8) is 0 Å². The molecule has 1 aromatic rings. The van der Waals surface area contributed by atoms with E-state index in [1.807, 2.05) is 0 Å². The molecular formula is C11H12F4N2O2. The predicted molar refractivity (Wildman–Crippen MR) is 60.7 cm³/mol. The molecule has 19 heavy (non-hydrogen) atoms. The second-order valence-electron chi connectivity index (χ2n) is 3.67. The predicted octanol–water partition coefficient (Wildman–Crippen LogP) is 1.91. The Hall–Kier alpha value is -1.99. The van der Waals surface area contributed by atoms with Crippen molar-refractivity contribution in [3.8, 4) is 5.75 Å². The molecule has 0 aliphatic heterocycles. The molecule has 0 unspecified atom stereocenters. The normalized spacial score (nSPS) is 11.5. The third-order valence-corrected chi connectivity index (χ3v) is 2.33. The number of nitrogen functional groups attached to an aromatic ring is 1. The summed E-state index contributed by atoms with van der Waals surface area (Å²) < 4.78 is 54.0. The van der Waals surface area contributed by atoms with Gasteiger partial charge < -0.3 is 15.8 Å². The maximum atomic E-state index is 12.6. The smallest absolute Gasteiger partial charge is 0.324 e. The molecule has 106 valence electrons. The molecule has 0 saturated carbocycles. The average Bonchev–Trinajstić information content (AvgIpc) is 2.36. The van der Waals surface area contributed by atoms with Gasteiger partial charge in [0.2, 0.25) is 0 Å². The summed E-state index contributed by atoms with van der Waals surface area (Å²) in [5.41, 5.74) is 5.40. The van der Waals surface area contributed by atoms with Crippen LogP contribution in [0, 0.1) is 0 Å². The molecule has 8 heteroatoms. The van der Waals surface area contributed by atoms with Crippen molar-refractivity contribution in [1.29, 1.82) is 0 Å². The molecular weight excluding hydrogens is 268 g/mol. The zero-order valence-electron chi connectivity index (χ0n) is 9.92. The van der Waals surface area contributed by atoms with Gasteiger partial charge in [-0.3, -0.25) is 4.79 Å². The Kier molecular flexibility index (Phi) is 4.57. The first kappa shape index (κ1) is 15.1. The quantitative estimate of drug-likeness (QED) is 0.639. The number of nitrogens with two attached hydrogens (primary N) is 1. The van der Waals surface area contributed by atoms with Crippen molar-refractivity contribution >= 4 is 11.6 Å². The first-order chi connectivity index (χ1) is 8.79. The third kappa shape index (κ3) is 3.49. The number of carbonyl (C=O) groups excluding carboxylic acids is 1. The summed E-state index contributed by atoms with van der Waals surface area (Å²) in [6.45, 7) is -1.47. The number of nitrogens with one attached hydrogen (secondary N) is 1. The minimum absolute atomic E-state index is 0.0529. The van der Waals surface area contributed by atoms with E-state index in [1.54, 1.807) is 5.32 Å². The largest absolute Gasteiger partial charge is 0.495 e. The van der Waals surface area contributed by atoms with Gasteiger partial charge in [0, 0.05) is 0 Å². The van der Waals surface area contributed by atoms with Crippen LogP contribution in [0.3, 0.4) is 0 Å². The van der Waals surface area contributed by atoms with E-state index in [0.717, 1.165) is 0 Å². The van der Waals surface area contributed by atoms with E-state index in [0.29, 0.717) is 0 Å². The summed E-state index contributed by atoms with van der Waals surface area (Å²) in [5, 5.41) is 1.71. The number of hydrogen-bond acceptors (Lipinski definition) is 3. The van der Waals surface area contributed by atoms with Gasteiger partial charge in [0.1, 0.15) is 5.75 Å². The molecule has 0 atom stereocenters. The number of ether oxygens (including phenoxy) is 1. The van der Waals surface area contributed by atoms with Crippen LogP contribution in [0.25, 0.3) is 0 Å². The van der Waals surface area contributed by atoms with Crippen LogP contribution in [0.5, 0.6) is 5.75 Å². The van der Waals surface area contributed by atoms with E-state index in [1.165, 1.54) is 25.3 Å². The number of alkyl halides is 4. The highest BCUT2D eigenvalue weighted by Crippen LogP contribution is 2.25. The molecule has 0 heterocycles. The summed E-state index contributed by atoms with van der Waals surface area (Å²) in [5.74, 6) is -5.08. The van der Waals surface area contributed by atoms with Gasteiger partial charge in [-0.2, -0.15) is 8.78 Å². The van der Waals surface area contributed by atoms with Gasteiger partial charge in [0.15, 0.2) is 0 Å². The Morgan fingerprint density at radius 1 is 1.47 bits per heavy atom. The molecule has 0 aliphatic rings. The van der Waals surface area contributed by atoms with Gasteiger partial charge in [0.25, 0.3) is 5.91 Å². The summed E-state index contributed by atoms with van der Waals surface area (Å²) in [6.07, 6.45) is -3.85. The summed E-state index contributed by atoms with van der Waals surface area (Å²) in [6, 6.07) is 4.17. The zero-order chi connectivity index (χ0) is 14.6. The van der Waals surface area contributed by atoms with Gasteiger partial charge in [-0.15, -0.1) is 0 Å². The molecule has 1 rings (SSSR count). The molecule has 0 radical (unpaired) electrons. The number of halogens is 4. The van der Waals surface area contributed by atoms with E-state index in [9.17, 15) is 22.4 Å². The van der Waals surface area contributed by atoms with Crippen molar-refractivity contribution < 1.29 is 27.1 Å². The lowest BCUT2D eigenvalue weighted by atomic mass is 10.1. The lowest BCUT2D eigenvalue weighted by Crippen LogP contribution is -2.41. The highest BCUT2D eigenvalue weighted by Gasteiger charge is 2.40. The number of methoxy groups -OCH3 is 1. The van der Waals surface area contributed by atoms with E-state index >= 15 is 0 Å². The van der Waals surface area contributed by atoms with Crippen LogP contribution in [0.2, 0.25) is 0 Å². The fraction of sp³-hybridized carbons (Fsp3) is 0.364. The van der Waals surface area contributed by atoms with Crippen molar-refractivity contribution in [2.24, 2.45) is 0 Å². The Morgan fingerprint density at radius 3 is 2.63 bits per heavy atom. The highest BCUT2D eigenvalue weighted by atomic mass is 19.3. The molecule has 0 saturated heterocycles. The summed E-state index contributed by atoms with van der Waals surface area (Å²) >= 11 is 0. The van der Waals surface area contributed by atoms with Crippen LogP contribution in [0.1, 0.15) is 10.4 Å². The fourth-order valence-electron chi connectivity index (χ4n) is 1.29. The fourth-order valence-corrected chi connectivity index (χ4v) is 1.29. The van der Waals surface area contributed by atoms with Crippen LogP contribution < -0.4 is 15.8 Å². The number of benzene rings is 1. The first-order valence-corrected chi connectivity index (χ1v) is 5.16. The number of anilines is 1. The summed E-state index contributed by atoms with van der Waals surface area (Å²) in [7, 11) is 1.32. The van der Waals surface area contributed by atoms with Crippen LogP contribution >= 0.6 is 0 Å². The van der Waals surface area contributed by atoms with Crippen molar-refractivity contribution in [2.75, 3.05) is 19.4 Å². The van der Waals surface area contributed by atoms with Crippen molar-refractivity contribution in [3.05, 3.63) is 23.8 Å². The van der Waals surface area contributed by atoms with E-state index < -0.39 is 24.8 Å². The van der Waals surface area contributed by atoms with Crippen LogP contribution in [-0.2, 0) is 0 Å². The van der Waals surface area contributed by atoms with E-state index in [2.05, 4.69) is 0 Å². The minimum atomic E-state index is -4.29. The first-order valence-electron chi connectivity index (χ1n) is 5.16. The highest BCUT2D eigenvalue weighted by molar-refractivity contribution is 6.00. The van der Waals surface area contributed by atoms with Gasteiger partial charge in [-0.1, -0.05) is 6.07 Å². The minimum Gasteiger partial charge on any atom is -0.495 e. The lowest BCUT2D eigenvalue weighted by Gasteiger charge is -2.16. The molecule has 0 aromatic heterocycles. The van der Waals surface area contributed by atoms with Gasteiger partial charge in [-0.25, -0.2) is 8.78 Å². The second kappa shape index (κ2) is 5.77. The Labute approximate surface area is 106 Å². The van der Waals surface area contributed by atoms with Gasteiger partial charge >= 0.3 is 12.3 Å². The van der Waals surface area contributed by atoms with Gasteiger partial charge in [-0.05, 0) is 12.1 Å². The Bertz CT molecular complexity index is 466. The summed E-state index contributed by atoms with van der Waals surface area (Å²) in [4.78, 5) is 11.6. The van der Waals surface area contributed by atoms with Crippen molar-refractivity contribution in [2.45, 2.75) is 12.3 Å². The third-order valence-electron chi connectivity index (χ3n) is 2.33. The monoisotopic (exact) mass is 280 g/mol. The molecule has 0 spiro atoms. The van der Waals surface area contributed by atoms with Crippen LogP contribution in [0.4, 0.5) is 23.2 Å². The number of carbonyl (C=O) groups is 1. The lowest BCUT2D eigenvalue weighted by molar-refractivity contribution is -0.123. The number of para-hydroxylation sites is 1. The molecule has 0 aliphatic carbocycles.